The highest BCUT2D eigenvalue weighted by Gasteiger charge is 2.26. The highest BCUT2D eigenvalue weighted by molar-refractivity contribution is 5.92. The van der Waals surface area contributed by atoms with E-state index in [1.54, 1.807) is 36.4 Å². The Bertz CT molecular complexity index is 1400. The number of unbranched alkanes of at least 4 members (excludes halogenated alkanes) is 3. The Balaban J connectivity index is 1.28. The zero-order valence-electron chi connectivity index (χ0n) is 23.8. The molecule has 0 saturated heterocycles. The fourth-order valence-electron chi connectivity index (χ4n) is 3.77. The van der Waals surface area contributed by atoms with Gasteiger partial charge < -0.3 is 30.4 Å². The van der Waals surface area contributed by atoms with Crippen LogP contribution in [-0.4, -0.2) is 43.9 Å². The number of esters is 3. The Labute approximate surface area is 252 Å². The topological polar surface area (TPSA) is 140 Å². The van der Waals surface area contributed by atoms with Crippen molar-refractivity contribution in [3.63, 3.8) is 0 Å². The molecule has 0 aromatic heterocycles. The average Bonchev–Trinajstić information content (AvgIpc) is 2.97. The first-order chi connectivity index (χ1) is 21.0. The monoisotopic (exact) mass is 614 g/mol. The van der Waals surface area contributed by atoms with E-state index in [9.17, 15) is 27.6 Å². The summed E-state index contributed by atoms with van der Waals surface area (Å²) in [4.78, 5) is 36.4. The third-order valence-corrected chi connectivity index (χ3v) is 5.98. The van der Waals surface area contributed by atoms with Crippen molar-refractivity contribution in [3.05, 3.63) is 89.5 Å². The number of ether oxygens (including phenoxy) is 4. The number of carbonyl (C=O) groups excluding carboxylic acids is 3. The van der Waals surface area contributed by atoms with Crippen molar-refractivity contribution in [2.24, 2.45) is 0 Å². The average molecular weight is 615 g/mol. The van der Waals surface area contributed by atoms with Crippen LogP contribution in [0.1, 0.15) is 58.4 Å². The summed E-state index contributed by atoms with van der Waals surface area (Å²) >= 11 is 0. The van der Waals surface area contributed by atoms with Crippen molar-refractivity contribution in [2.45, 2.75) is 38.3 Å². The van der Waals surface area contributed by atoms with Crippen LogP contribution < -0.4 is 20.9 Å². The molecule has 0 saturated carbocycles. The third kappa shape index (κ3) is 12.5. The lowest BCUT2D eigenvalue weighted by Gasteiger charge is -2.09. The van der Waals surface area contributed by atoms with Gasteiger partial charge in [0.15, 0.2) is 0 Å². The van der Waals surface area contributed by atoms with Gasteiger partial charge in [-0.1, -0.05) is 12.1 Å². The fourth-order valence-corrected chi connectivity index (χ4v) is 3.77. The summed E-state index contributed by atoms with van der Waals surface area (Å²) in [6, 6.07) is 16.6. The van der Waals surface area contributed by atoms with E-state index in [0.29, 0.717) is 35.3 Å². The van der Waals surface area contributed by atoms with Gasteiger partial charge in [-0.2, -0.15) is 13.2 Å². The van der Waals surface area contributed by atoms with Crippen LogP contribution in [0.2, 0.25) is 0 Å². The lowest BCUT2D eigenvalue weighted by atomic mass is 10.2. The van der Waals surface area contributed by atoms with E-state index in [0.717, 1.165) is 12.8 Å². The summed E-state index contributed by atoms with van der Waals surface area (Å²) in [5, 5.41) is 0. The van der Waals surface area contributed by atoms with Gasteiger partial charge in [-0.05, 0) is 91.9 Å². The number of hydrogen-bond acceptors (Lipinski definition) is 9. The minimum absolute atomic E-state index is 0.198. The SMILES string of the molecule is Nc1cc(N)cc(C(=O)OCCCCCCOC(=O)C=Cc2ccc(OC(=O)c3ccc(OCCC(F)(F)F)cc3)cc2)c1. The summed E-state index contributed by atoms with van der Waals surface area (Å²) in [6.07, 6.45) is 0.387. The minimum atomic E-state index is -4.31. The van der Waals surface area contributed by atoms with Gasteiger partial charge in [0.25, 0.3) is 0 Å². The Morgan fingerprint density at radius 3 is 1.89 bits per heavy atom. The molecule has 3 aromatic rings. The molecule has 0 bridgehead atoms. The summed E-state index contributed by atoms with van der Waals surface area (Å²) < 4.78 is 57.4. The smallest absolute Gasteiger partial charge is 0.392 e. The summed E-state index contributed by atoms with van der Waals surface area (Å²) in [5.74, 6) is -1.16. The van der Waals surface area contributed by atoms with E-state index < -0.39 is 37.1 Å². The summed E-state index contributed by atoms with van der Waals surface area (Å²) in [5.41, 5.74) is 13.3. The third-order valence-electron chi connectivity index (χ3n) is 5.98. The largest absolute Gasteiger partial charge is 0.493 e. The van der Waals surface area contributed by atoms with Crippen molar-refractivity contribution < 1.29 is 46.5 Å². The number of halogens is 3. The number of rotatable bonds is 15. The van der Waals surface area contributed by atoms with Gasteiger partial charge in [-0.3, -0.25) is 0 Å². The molecule has 0 aliphatic rings. The van der Waals surface area contributed by atoms with E-state index in [4.69, 9.17) is 30.4 Å². The molecule has 3 aromatic carbocycles. The molecular formula is C32H33F3N2O7. The number of hydrogen-bond donors (Lipinski definition) is 2. The normalized spacial score (nSPS) is 11.2. The van der Waals surface area contributed by atoms with E-state index in [-0.39, 0.29) is 30.3 Å². The van der Waals surface area contributed by atoms with Gasteiger partial charge in [0.05, 0.1) is 37.4 Å². The van der Waals surface area contributed by atoms with Crippen LogP contribution in [0, 0.1) is 0 Å². The van der Waals surface area contributed by atoms with Gasteiger partial charge >= 0.3 is 24.1 Å². The second kappa shape index (κ2) is 16.6. The molecule has 0 heterocycles. The van der Waals surface area contributed by atoms with Crippen molar-refractivity contribution in [1.82, 2.24) is 0 Å². The summed E-state index contributed by atoms with van der Waals surface area (Å²) in [7, 11) is 0. The van der Waals surface area contributed by atoms with E-state index >= 15 is 0 Å². The first-order valence-corrected chi connectivity index (χ1v) is 13.8. The predicted molar refractivity (Wildman–Crippen MR) is 158 cm³/mol. The van der Waals surface area contributed by atoms with Crippen LogP contribution >= 0.6 is 0 Å². The number of alkyl halides is 3. The quantitative estimate of drug-likeness (QED) is 0.0656. The molecule has 0 aliphatic heterocycles. The Morgan fingerprint density at radius 1 is 0.682 bits per heavy atom. The standard InChI is InChI=1S/C32H33F3N2O7/c33-32(34,35)15-18-41-27-12-8-23(9-13-27)31(40)44-28-10-5-22(6-11-28)7-14-29(38)42-16-3-1-2-4-17-43-30(39)24-19-25(36)21-26(37)20-24/h5-14,19-21H,1-4,15-18,36-37H2. The molecule has 9 nitrogen and oxygen atoms in total. The molecule has 0 atom stereocenters. The molecule has 4 N–H and O–H groups in total. The highest BCUT2D eigenvalue weighted by atomic mass is 19.4. The van der Waals surface area contributed by atoms with Crippen LogP contribution in [-0.2, 0) is 14.3 Å². The zero-order chi connectivity index (χ0) is 32.0. The molecule has 0 radical (unpaired) electrons. The summed E-state index contributed by atoms with van der Waals surface area (Å²) in [6.45, 7) is -0.00775. The molecule has 234 valence electrons. The van der Waals surface area contributed by atoms with Crippen molar-refractivity contribution in [3.8, 4) is 11.5 Å². The van der Waals surface area contributed by atoms with Crippen molar-refractivity contribution >= 4 is 35.4 Å². The molecule has 0 unspecified atom stereocenters. The fraction of sp³-hybridized carbons (Fsp3) is 0.281. The predicted octanol–water partition coefficient (Wildman–Crippen LogP) is 6.38. The lowest BCUT2D eigenvalue weighted by Crippen LogP contribution is -2.13. The first-order valence-electron chi connectivity index (χ1n) is 13.8. The van der Waals surface area contributed by atoms with Crippen molar-refractivity contribution in [2.75, 3.05) is 31.3 Å². The number of benzene rings is 3. The number of nitrogen functional groups attached to an aromatic ring is 2. The maximum atomic E-state index is 12.4. The molecular weight excluding hydrogens is 581 g/mol. The number of carbonyl (C=O) groups is 3. The lowest BCUT2D eigenvalue weighted by molar-refractivity contribution is -0.140. The van der Waals surface area contributed by atoms with Crippen LogP contribution in [0.15, 0.2) is 72.8 Å². The number of anilines is 2. The molecule has 3 rings (SSSR count). The van der Waals surface area contributed by atoms with Crippen LogP contribution in [0.4, 0.5) is 24.5 Å². The molecule has 0 fully saturated rings. The second-order valence-corrected chi connectivity index (χ2v) is 9.64. The van der Waals surface area contributed by atoms with E-state index in [1.165, 1.54) is 42.5 Å². The number of nitrogens with two attached hydrogens (primary N) is 2. The first kappa shape index (κ1) is 33.5. The Morgan fingerprint density at radius 2 is 1.27 bits per heavy atom. The minimum Gasteiger partial charge on any atom is -0.493 e. The van der Waals surface area contributed by atoms with Crippen LogP contribution in [0.3, 0.4) is 0 Å². The second-order valence-electron chi connectivity index (χ2n) is 9.64. The van der Waals surface area contributed by atoms with Gasteiger partial charge in [-0.25, -0.2) is 14.4 Å². The van der Waals surface area contributed by atoms with Crippen LogP contribution in [0.5, 0.6) is 11.5 Å². The van der Waals surface area contributed by atoms with Crippen molar-refractivity contribution in [1.29, 1.82) is 0 Å². The van der Waals surface area contributed by atoms with Crippen LogP contribution in [0.25, 0.3) is 6.08 Å². The molecule has 0 spiro atoms. The highest BCUT2D eigenvalue weighted by Crippen LogP contribution is 2.21. The van der Waals surface area contributed by atoms with Gasteiger partial charge in [0.2, 0.25) is 0 Å². The van der Waals surface area contributed by atoms with E-state index in [1.807, 2.05) is 0 Å². The van der Waals surface area contributed by atoms with E-state index in [2.05, 4.69) is 0 Å². The Hall–Kier alpha value is -5.00. The molecule has 12 heteroatoms. The Kier molecular flexibility index (Phi) is 12.6. The molecule has 0 amide bonds. The zero-order valence-corrected chi connectivity index (χ0v) is 23.8. The molecule has 0 aliphatic carbocycles. The maximum Gasteiger partial charge on any atom is 0.392 e. The maximum absolute atomic E-state index is 12.4. The molecule has 44 heavy (non-hydrogen) atoms. The van der Waals surface area contributed by atoms with Gasteiger partial charge in [-0.15, -0.1) is 0 Å². The van der Waals surface area contributed by atoms with Gasteiger partial charge in [0.1, 0.15) is 11.5 Å². The van der Waals surface area contributed by atoms with Gasteiger partial charge in [0, 0.05) is 17.5 Å².